The highest BCUT2D eigenvalue weighted by Crippen LogP contribution is 2.29. The van der Waals surface area contributed by atoms with Crippen LogP contribution in [0.4, 0.5) is 8.78 Å². The molecule has 0 aliphatic carbocycles. The summed E-state index contributed by atoms with van der Waals surface area (Å²) >= 11 is 0. The number of sulfonamides is 1. The Morgan fingerprint density at radius 3 is 2.48 bits per heavy atom. The van der Waals surface area contributed by atoms with Crippen molar-refractivity contribution in [2.45, 2.75) is 23.9 Å². The first-order chi connectivity index (χ1) is 11.9. The largest absolute Gasteiger partial charge is 0.293 e. The molecule has 0 N–H and O–H groups in total. The zero-order valence-electron chi connectivity index (χ0n) is 13.5. The van der Waals surface area contributed by atoms with Crippen molar-refractivity contribution >= 4 is 10.0 Å². The summed E-state index contributed by atoms with van der Waals surface area (Å²) in [7, 11) is -4.00. The number of nitrogens with zero attached hydrogens (tertiary/aromatic N) is 2. The van der Waals surface area contributed by atoms with Crippen LogP contribution < -0.4 is 0 Å². The molecule has 2 aliphatic heterocycles. The van der Waals surface area contributed by atoms with E-state index in [9.17, 15) is 17.2 Å². The standard InChI is InChI=1S/C18H18F2N2O2S/c19-15-5-6-17(20)18(9-15)25(23,24)22-11-16(12-22)21-8-7-13-3-1-2-4-14(13)10-21/h1-6,9,16H,7-8,10-12H2. The van der Waals surface area contributed by atoms with Gasteiger partial charge in [-0.2, -0.15) is 4.31 Å². The maximum atomic E-state index is 13.8. The van der Waals surface area contributed by atoms with Crippen LogP contribution in [-0.4, -0.2) is 43.3 Å². The number of halogens is 2. The van der Waals surface area contributed by atoms with Gasteiger partial charge in [0.15, 0.2) is 0 Å². The van der Waals surface area contributed by atoms with Gasteiger partial charge < -0.3 is 0 Å². The zero-order valence-corrected chi connectivity index (χ0v) is 14.3. The minimum atomic E-state index is -4.00. The van der Waals surface area contributed by atoms with Crippen molar-refractivity contribution in [1.82, 2.24) is 9.21 Å². The van der Waals surface area contributed by atoms with Crippen LogP contribution in [0.2, 0.25) is 0 Å². The zero-order chi connectivity index (χ0) is 17.6. The molecule has 4 rings (SSSR count). The predicted octanol–water partition coefficient (Wildman–Crippen LogP) is 2.40. The third kappa shape index (κ3) is 2.96. The fourth-order valence-electron chi connectivity index (χ4n) is 3.49. The number of hydrogen-bond donors (Lipinski definition) is 0. The lowest BCUT2D eigenvalue weighted by Crippen LogP contribution is -2.61. The highest BCUT2D eigenvalue weighted by atomic mass is 32.2. The summed E-state index contributed by atoms with van der Waals surface area (Å²) in [6.45, 7) is 2.29. The van der Waals surface area contributed by atoms with E-state index in [0.29, 0.717) is 13.1 Å². The molecular weight excluding hydrogens is 346 g/mol. The minimum Gasteiger partial charge on any atom is -0.293 e. The average molecular weight is 364 g/mol. The summed E-state index contributed by atoms with van der Waals surface area (Å²) in [6, 6.07) is 10.9. The van der Waals surface area contributed by atoms with Crippen LogP contribution in [-0.2, 0) is 23.0 Å². The van der Waals surface area contributed by atoms with E-state index in [2.05, 4.69) is 17.0 Å². The molecule has 0 bridgehead atoms. The number of fused-ring (bicyclic) bond motifs is 1. The summed E-state index contributed by atoms with van der Waals surface area (Å²) < 4.78 is 53.4. The van der Waals surface area contributed by atoms with Crippen LogP contribution in [0.5, 0.6) is 0 Å². The maximum Gasteiger partial charge on any atom is 0.246 e. The van der Waals surface area contributed by atoms with Gasteiger partial charge in [-0.25, -0.2) is 17.2 Å². The van der Waals surface area contributed by atoms with Gasteiger partial charge in [-0.3, -0.25) is 4.90 Å². The number of benzene rings is 2. The lowest BCUT2D eigenvalue weighted by Gasteiger charge is -2.46. The monoisotopic (exact) mass is 364 g/mol. The van der Waals surface area contributed by atoms with E-state index in [-0.39, 0.29) is 6.04 Å². The highest BCUT2D eigenvalue weighted by molar-refractivity contribution is 7.89. The molecular formula is C18H18F2N2O2S. The molecule has 2 aromatic carbocycles. The molecule has 0 aromatic heterocycles. The summed E-state index contributed by atoms with van der Waals surface area (Å²) in [4.78, 5) is 1.67. The van der Waals surface area contributed by atoms with Crippen molar-refractivity contribution in [2.24, 2.45) is 0 Å². The van der Waals surface area contributed by atoms with Gasteiger partial charge in [0, 0.05) is 32.2 Å². The van der Waals surface area contributed by atoms with Gasteiger partial charge >= 0.3 is 0 Å². The van der Waals surface area contributed by atoms with E-state index in [0.717, 1.165) is 37.7 Å². The third-order valence-corrected chi connectivity index (χ3v) is 6.86. The van der Waals surface area contributed by atoms with Crippen LogP contribution in [0.25, 0.3) is 0 Å². The summed E-state index contributed by atoms with van der Waals surface area (Å²) in [5.74, 6) is -1.68. The Morgan fingerprint density at radius 2 is 1.72 bits per heavy atom. The molecule has 7 heteroatoms. The predicted molar refractivity (Wildman–Crippen MR) is 89.5 cm³/mol. The Bertz CT molecular complexity index is 911. The van der Waals surface area contributed by atoms with Gasteiger partial charge in [-0.1, -0.05) is 24.3 Å². The van der Waals surface area contributed by atoms with Crippen molar-refractivity contribution in [3.63, 3.8) is 0 Å². The SMILES string of the molecule is O=S(=O)(c1cc(F)ccc1F)N1CC(N2CCc3ccccc3C2)C1. The van der Waals surface area contributed by atoms with E-state index < -0.39 is 26.6 Å². The Balaban J connectivity index is 1.46. The average Bonchev–Trinajstić information content (AvgIpc) is 2.55. The Labute approximate surface area is 145 Å². The Kier molecular flexibility index (Phi) is 4.10. The van der Waals surface area contributed by atoms with Crippen molar-refractivity contribution in [3.05, 3.63) is 65.2 Å². The van der Waals surface area contributed by atoms with Crippen molar-refractivity contribution in [3.8, 4) is 0 Å². The van der Waals surface area contributed by atoms with E-state index in [1.54, 1.807) is 0 Å². The Morgan fingerprint density at radius 1 is 1.00 bits per heavy atom. The topological polar surface area (TPSA) is 40.6 Å². The van der Waals surface area contributed by atoms with Gasteiger partial charge in [-0.05, 0) is 35.7 Å². The molecule has 2 aromatic rings. The molecule has 0 amide bonds. The van der Waals surface area contributed by atoms with E-state index in [4.69, 9.17) is 0 Å². The first-order valence-electron chi connectivity index (χ1n) is 8.21. The first kappa shape index (κ1) is 16.6. The summed E-state index contributed by atoms with van der Waals surface area (Å²) in [5.41, 5.74) is 2.61. The quantitative estimate of drug-likeness (QED) is 0.840. The highest BCUT2D eigenvalue weighted by Gasteiger charge is 2.41. The van der Waals surface area contributed by atoms with Crippen LogP contribution in [0.15, 0.2) is 47.4 Å². The van der Waals surface area contributed by atoms with Gasteiger partial charge in [0.2, 0.25) is 10.0 Å². The van der Waals surface area contributed by atoms with Gasteiger partial charge in [0.05, 0.1) is 0 Å². The van der Waals surface area contributed by atoms with Gasteiger partial charge in [-0.15, -0.1) is 0 Å². The van der Waals surface area contributed by atoms with Crippen LogP contribution in [0.3, 0.4) is 0 Å². The summed E-state index contributed by atoms with van der Waals surface area (Å²) in [5, 5.41) is 0. The molecule has 0 unspecified atom stereocenters. The molecule has 0 saturated carbocycles. The minimum absolute atomic E-state index is 0.111. The summed E-state index contributed by atoms with van der Waals surface area (Å²) in [6.07, 6.45) is 0.942. The molecule has 0 atom stereocenters. The molecule has 132 valence electrons. The van der Waals surface area contributed by atoms with E-state index in [1.165, 1.54) is 15.4 Å². The van der Waals surface area contributed by atoms with Crippen LogP contribution >= 0.6 is 0 Å². The molecule has 4 nitrogen and oxygen atoms in total. The second-order valence-electron chi connectivity index (χ2n) is 6.54. The van der Waals surface area contributed by atoms with Crippen molar-refractivity contribution < 1.29 is 17.2 Å². The van der Waals surface area contributed by atoms with Crippen molar-refractivity contribution in [1.29, 1.82) is 0 Å². The normalized spacial score (nSPS) is 19.4. The van der Waals surface area contributed by atoms with Crippen molar-refractivity contribution in [2.75, 3.05) is 19.6 Å². The molecule has 0 spiro atoms. The second kappa shape index (κ2) is 6.16. The lowest BCUT2D eigenvalue weighted by molar-refractivity contribution is 0.0767. The number of rotatable bonds is 3. The van der Waals surface area contributed by atoms with E-state index >= 15 is 0 Å². The molecule has 2 aliphatic rings. The molecule has 1 fully saturated rings. The molecule has 25 heavy (non-hydrogen) atoms. The maximum absolute atomic E-state index is 13.8. The van der Waals surface area contributed by atoms with E-state index in [1.807, 2.05) is 12.1 Å². The number of hydrogen-bond acceptors (Lipinski definition) is 3. The second-order valence-corrected chi connectivity index (χ2v) is 8.45. The van der Waals surface area contributed by atoms with Gasteiger partial charge in [0.25, 0.3) is 0 Å². The smallest absolute Gasteiger partial charge is 0.246 e. The fraction of sp³-hybridized carbons (Fsp3) is 0.333. The Hall–Kier alpha value is -1.83. The molecule has 2 heterocycles. The molecule has 1 saturated heterocycles. The fourth-order valence-corrected chi connectivity index (χ4v) is 5.08. The van der Waals surface area contributed by atoms with Crippen LogP contribution in [0, 0.1) is 11.6 Å². The lowest BCUT2D eigenvalue weighted by atomic mass is 9.97. The first-order valence-corrected chi connectivity index (χ1v) is 9.65. The van der Waals surface area contributed by atoms with Crippen LogP contribution in [0.1, 0.15) is 11.1 Å². The molecule has 0 radical (unpaired) electrons. The van der Waals surface area contributed by atoms with Gasteiger partial charge in [0.1, 0.15) is 16.5 Å². The third-order valence-electron chi connectivity index (χ3n) is 5.02.